The van der Waals surface area contributed by atoms with Crippen LogP contribution in [-0.4, -0.2) is 32.7 Å². The number of nitro benzene ring substituents is 1. The van der Waals surface area contributed by atoms with E-state index in [1.54, 1.807) is 24.3 Å². The Labute approximate surface area is 184 Å². The van der Waals surface area contributed by atoms with Gasteiger partial charge in [-0.25, -0.2) is 0 Å². The number of carbonyl (C=O) groups is 2. The molecule has 0 aliphatic carbocycles. The molecular weight excluding hydrogens is 450 g/mol. The second-order valence-electron chi connectivity index (χ2n) is 5.88. The molecule has 0 spiro atoms. The van der Waals surface area contributed by atoms with Crippen molar-refractivity contribution in [2.75, 3.05) is 16.4 Å². The summed E-state index contributed by atoms with van der Waals surface area (Å²) in [5.74, 6) is -0.644. The van der Waals surface area contributed by atoms with Gasteiger partial charge in [-0.15, -0.1) is 10.2 Å². The monoisotopic (exact) mass is 463 g/mol. The van der Waals surface area contributed by atoms with Gasteiger partial charge in [-0.05, 0) is 37.3 Å². The molecule has 0 radical (unpaired) electrons. The van der Waals surface area contributed by atoms with Crippen molar-refractivity contribution in [1.82, 2.24) is 10.2 Å². The number of carbonyl (C=O) groups excluding carboxylic acids is 2. The van der Waals surface area contributed by atoms with E-state index in [4.69, 9.17) is 11.6 Å². The summed E-state index contributed by atoms with van der Waals surface area (Å²) in [5.41, 5.74) is 0.930. The minimum absolute atomic E-state index is 0.106. The van der Waals surface area contributed by atoms with Crippen molar-refractivity contribution < 1.29 is 14.5 Å². The number of rotatable bonds is 7. The van der Waals surface area contributed by atoms with Crippen LogP contribution < -0.4 is 10.6 Å². The molecule has 0 aliphatic heterocycles. The summed E-state index contributed by atoms with van der Waals surface area (Å²) < 4.78 is 0.493. The number of benzene rings is 2. The molecule has 12 heteroatoms. The van der Waals surface area contributed by atoms with E-state index in [0.29, 0.717) is 15.0 Å². The Kier molecular flexibility index (Phi) is 6.98. The average molecular weight is 464 g/mol. The number of halogens is 1. The van der Waals surface area contributed by atoms with Gasteiger partial charge in [-0.2, -0.15) is 0 Å². The molecule has 9 nitrogen and oxygen atoms in total. The van der Waals surface area contributed by atoms with E-state index >= 15 is 0 Å². The molecule has 0 aliphatic rings. The smallest absolute Gasteiger partial charge is 0.273 e. The largest absolute Gasteiger partial charge is 0.325 e. The number of hydrogen-bond acceptors (Lipinski definition) is 8. The van der Waals surface area contributed by atoms with E-state index in [1.165, 1.54) is 36.9 Å². The zero-order valence-corrected chi connectivity index (χ0v) is 17.8. The predicted octanol–water partition coefficient (Wildman–Crippen LogP) is 4.39. The van der Waals surface area contributed by atoms with Crippen molar-refractivity contribution in [3.8, 4) is 0 Å². The van der Waals surface area contributed by atoms with Crippen molar-refractivity contribution in [2.45, 2.75) is 11.3 Å². The van der Waals surface area contributed by atoms with Crippen LogP contribution in [0.2, 0.25) is 5.02 Å². The maximum atomic E-state index is 12.4. The number of nitrogens with one attached hydrogen (secondary N) is 2. The van der Waals surface area contributed by atoms with Gasteiger partial charge in [0.1, 0.15) is 0 Å². The molecule has 2 aromatic carbocycles. The van der Waals surface area contributed by atoms with Crippen molar-refractivity contribution in [2.24, 2.45) is 0 Å². The minimum Gasteiger partial charge on any atom is -0.325 e. The van der Waals surface area contributed by atoms with E-state index < -0.39 is 10.8 Å². The Bertz CT molecular complexity index is 1100. The maximum absolute atomic E-state index is 12.4. The van der Waals surface area contributed by atoms with Crippen LogP contribution in [0.3, 0.4) is 0 Å². The Morgan fingerprint density at radius 1 is 1.17 bits per heavy atom. The topological polar surface area (TPSA) is 127 Å². The van der Waals surface area contributed by atoms with E-state index in [2.05, 4.69) is 20.8 Å². The number of thioether (sulfide) groups is 1. The quantitative estimate of drug-likeness (QED) is 0.230. The van der Waals surface area contributed by atoms with Gasteiger partial charge in [0.05, 0.1) is 10.7 Å². The number of hydrogen-bond donors (Lipinski definition) is 2. The highest BCUT2D eigenvalue weighted by Gasteiger charge is 2.19. The lowest BCUT2D eigenvalue weighted by Gasteiger charge is -2.05. The molecule has 2 amide bonds. The van der Waals surface area contributed by atoms with Gasteiger partial charge in [-0.1, -0.05) is 40.8 Å². The lowest BCUT2D eigenvalue weighted by molar-refractivity contribution is -0.385. The first-order chi connectivity index (χ1) is 14.3. The summed E-state index contributed by atoms with van der Waals surface area (Å²) in [4.78, 5) is 35.0. The summed E-state index contributed by atoms with van der Waals surface area (Å²) in [6, 6.07) is 11.0. The molecule has 0 saturated carbocycles. The molecule has 2 N–H and O–H groups in total. The van der Waals surface area contributed by atoms with Gasteiger partial charge >= 0.3 is 0 Å². The molecule has 0 fully saturated rings. The van der Waals surface area contributed by atoms with Crippen molar-refractivity contribution >= 4 is 63.0 Å². The summed E-state index contributed by atoms with van der Waals surface area (Å²) in [6.45, 7) is 1.51. The summed E-state index contributed by atoms with van der Waals surface area (Å²) in [6.07, 6.45) is 0. The molecule has 0 atom stereocenters. The molecule has 0 bridgehead atoms. The third kappa shape index (κ3) is 5.53. The molecule has 0 unspecified atom stereocenters. The second-order valence-corrected chi connectivity index (χ2v) is 8.51. The van der Waals surface area contributed by atoms with E-state index in [-0.39, 0.29) is 33.6 Å². The van der Waals surface area contributed by atoms with Crippen LogP contribution in [0, 0.1) is 17.0 Å². The fourth-order valence-electron chi connectivity index (χ4n) is 2.41. The first-order valence-corrected chi connectivity index (χ1v) is 10.6. The van der Waals surface area contributed by atoms with Gasteiger partial charge in [0.15, 0.2) is 4.34 Å². The van der Waals surface area contributed by atoms with Crippen molar-refractivity contribution in [3.63, 3.8) is 0 Å². The first-order valence-electron chi connectivity index (χ1n) is 8.40. The number of anilines is 2. The predicted molar refractivity (Wildman–Crippen MR) is 117 cm³/mol. The third-order valence-corrected chi connectivity index (χ3v) is 6.05. The highest BCUT2D eigenvalue weighted by molar-refractivity contribution is 8.01. The minimum atomic E-state index is -0.541. The molecule has 154 valence electrons. The van der Waals surface area contributed by atoms with E-state index in [0.717, 1.165) is 11.3 Å². The van der Waals surface area contributed by atoms with Crippen LogP contribution in [0.4, 0.5) is 16.5 Å². The van der Waals surface area contributed by atoms with E-state index in [9.17, 15) is 19.7 Å². The van der Waals surface area contributed by atoms with Gasteiger partial charge in [0.25, 0.3) is 11.6 Å². The Balaban J connectivity index is 1.57. The molecular formula is C18H14ClN5O4S2. The van der Waals surface area contributed by atoms with Crippen LogP contribution in [0.15, 0.2) is 46.8 Å². The van der Waals surface area contributed by atoms with Crippen molar-refractivity contribution in [1.29, 1.82) is 0 Å². The Morgan fingerprint density at radius 3 is 2.60 bits per heavy atom. The standard InChI is InChI=1S/C18H14ClN5O4S2/c1-10-13(3-2-4-14(10)24(27)28)16(26)21-17-22-23-18(30-17)29-9-15(25)20-12-7-5-11(19)6-8-12/h2-8H,9H2,1H3,(H,20,25)(H,21,22,26). The van der Waals surface area contributed by atoms with Crippen LogP contribution in [0.1, 0.15) is 15.9 Å². The fraction of sp³-hybridized carbons (Fsp3) is 0.111. The number of aromatic nitrogens is 2. The Morgan fingerprint density at radius 2 is 1.90 bits per heavy atom. The van der Waals surface area contributed by atoms with Gasteiger partial charge in [-0.3, -0.25) is 25.0 Å². The first kappa shape index (κ1) is 21.7. The summed E-state index contributed by atoms with van der Waals surface area (Å²) in [7, 11) is 0. The lowest BCUT2D eigenvalue weighted by Crippen LogP contribution is -2.14. The average Bonchev–Trinajstić information content (AvgIpc) is 3.15. The van der Waals surface area contributed by atoms with Gasteiger partial charge in [0.2, 0.25) is 11.0 Å². The van der Waals surface area contributed by atoms with Crippen LogP contribution in [0.25, 0.3) is 0 Å². The van der Waals surface area contributed by atoms with Crippen LogP contribution in [-0.2, 0) is 4.79 Å². The second kappa shape index (κ2) is 9.65. The molecule has 1 heterocycles. The normalized spacial score (nSPS) is 10.5. The van der Waals surface area contributed by atoms with Gasteiger partial charge in [0, 0.05) is 27.9 Å². The summed E-state index contributed by atoms with van der Waals surface area (Å²) in [5, 5.41) is 24.9. The van der Waals surface area contributed by atoms with E-state index in [1.807, 2.05) is 0 Å². The SMILES string of the molecule is Cc1c(C(=O)Nc2nnc(SCC(=O)Nc3ccc(Cl)cc3)s2)cccc1[N+](=O)[O-]. The highest BCUT2D eigenvalue weighted by atomic mass is 35.5. The third-order valence-electron chi connectivity index (χ3n) is 3.83. The van der Waals surface area contributed by atoms with Crippen LogP contribution in [0.5, 0.6) is 0 Å². The number of amides is 2. The fourth-order valence-corrected chi connectivity index (χ4v) is 4.08. The molecule has 0 saturated heterocycles. The zero-order chi connectivity index (χ0) is 21.7. The van der Waals surface area contributed by atoms with Gasteiger partial charge < -0.3 is 5.32 Å². The zero-order valence-electron chi connectivity index (χ0n) is 15.4. The molecule has 3 aromatic rings. The number of nitro groups is 1. The molecule has 3 rings (SSSR count). The summed E-state index contributed by atoms with van der Waals surface area (Å²) >= 11 is 8.08. The van der Waals surface area contributed by atoms with Crippen LogP contribution >= 0.6 is 34.7 Å². The molecule has 30 heavy (non-hydrogen) atoms. The maximum Gasteiger partial charge on any atom is 0.273 e. The Hall–Kier alpha value is -3.02. The highest BCUT2D eigenvalue weighted by Crippen LogP contribution is 2.27. The molecule has 1 aromatic heterocycles. The van der Waals surface area contributed by atoms with Crippen molar-refractivity contribution in [3.05, 3.63) is 68.7 Å². The number of nitrogens with zero attached hydrogens (tertiary/aromatic N) is 3. The lowest BCUT2D eigenvalue weighted by atomic mass is 10.1.